The van der Waals surface area contributed by atoms with Crippen LogP contribution in [0.5, 0.6) is 0 Å². The van der Waals surface area contributed by atoms with E-state index in [4.69, 9.17) is 16.3 Å². The molecule has 4 heterocycles. The molecule has 1 amide bonds. The Balaban J connectivity index is 1.48. The Morgan fingerprint density at radius 1 is 1.15 bits per heavy atom. The van der Waals surface area contributed by atoms with Gasteiger partial charge in [-0.25, -0.2) is 19.2 Å². The summed E-state index contributed by atoms with van der Waals surface area (Å²) in [6.45, 7) is 3.71. The molecule has 5 rings (SSSR count). The number of anilines is 1. The third-order valence-electron chi connectivity index (χ3n) is 6.34. The fourth-order valence-corrected chi connectivity index (χ4v) is 4.79. The van der Waals surface area contributed by atoms with Crippen molar-refractivity contribution in [3.63, 3.8) is 0 Å². The predicted molar refractivity (Wildman–Crippen MR) is 119 cm³/mol. The molecule has 33 heavy (non-hydrogen) atoms. The van der Waals surface area contributed by atoms with Crippen LogP contribution in [0.3, 0.4) is 0 Å². The molecule has 3 aromatic rings. The lowest BCUT2D eigenvalue weighted by molar-refractivity contribution is 0.103. The lowest BCUT2D eigenvalue weighted by atomic mass is 9.95. The number of piperidine rings is 1. The molecule has 9 nitrogen and oxygen atoms in total. The number of aromatic nitrogens is 5. The summed E-state index contributed by atoms with van der Waals surface area (Å²) in [7, 11) is 1.37. The minimum absolute atomic E-state index is 0.156. The van der Waals surface area contributed by atoms with E-state index in [2.05, 4.69) is 24.7 Å². The maximum absolute atomic E-state index is 13.2. The molecule has 0 saturated carbocycles. The fraction of sp³-hybridized carbons (Fsp3) is 0.409. The first-order chi connectivity index (χ1) is 16.0. The summed E-state index contributed by atoms with van der Waals surface area (Å²) in [5, 5.41) is 9.66. The van der Waals surface area contributed by atoms with Gasteiger partial charge in [-0.3, -0.25) is 9.47 Å². The number of fused-ring (bicyclic) bond motifs is 3. The molecule has 1 atom stereocenters. The molecule has 2 aromatic heterocycles. The second-order valence-electron chi connectivity index (χ2n) is 8.26. The summed E-state index contributed by atoms with van der Waals surface area (Å²) < 4.78 is 20.3. The highest BCUT2D eigenvalue weighted by atomic mass is 35.5. The number of amides is 1. The largest absolute Gasteiger partial charge is 0.453 e. The average molecular weight is 472 g/mol. The van der Waals surface area contributed by atoms with E-state index in [-0.39, 0.29) is 12.0 Å². The smallest absolute Gasteiger partial charge is 0.410 e. The zero-order valence-corrected chi connectivity index (χ0v) is 19.0. The topological polar surface area (TPSA) is 89.3 Å². The maximum Gasteiger partial charge on any atom is 0.410 e. The normalized spacial score (nSPS) is 18.5. The van der Waals surface area contributed by atoms with Gasteiger partial charge in [-0.1, -0.05) is 11.6 Å². The Kier molecular flexibility index (Phi) is 5.61. The molecule has 1 fully saturated rings. The summed E-state index contributed by atoms with van der Waals surface area (Å²) in [5.74, 6) is 1.77. The molecule has 0 N–H and O–H groups in total. The van der Waals surface area contributed by atoms with Crippen molar-refractivity contribution in [2.24, 2.45) is 0 Å². The molecule has 2 aliphatic heterocycles. The van der Waals surface area contributed by atoms with Crippen LogP contribution in [0.1, 0.15) is 48.9 Å². The van der Waals surface area contributed by atoms with Gasteiger partial charge in [0, 0.05) is 24.0 Å². The Morgan fingerprint density at radius 2 is 1.85 bits per heavy atom. The third kappa shape index (κ3) is 3.88. The fourth-order valence-electron chi connectivity index (χ4n) is 4.60. The monoisotopic (exact) mass is 471 g/mol. The standard InChI is InChI=1S/C22H23ClFN7O2/c1-13-19-27-28-20(14-5-7-29(8-6-14)21-25-10-17(24)11-26-21)31(19)18-4-3-16(23)9-15(18)12-30(13)22(32)33-2/h3-4,9-11,13-14H,5-8,12H2,1-2H3. The number of hydrogen-bond acceptors (Lipinski definition) is 7. The van der Waals surface area contributed by atoms with Crippen molar-refractivity contribution in [2.75, 3.05) is 25.1 Å². The van der Waals surface area contributed by atoms with Gasteiger partial charge in [0.15, 0.2) is 11.6 Å². The van der Waals surface area contributed by atoms with Gasteiger partial charge in [-0.05, 0) is 43.5 Å². The molecule has 0 spiro atoms. The van der Waals surface area contributed by atoms with Crippen LogP contribution in [0, 0.1) is 5.82 Å². The highest BCUT2D eigenvalue weighted by molar-refractivity contribution is 6.30. The number of ether oxygens (including phenoxy) is 1. The number of hydrogen-bond donors (Lipinski definition) is 0. The van der Waals surface area contributed by atoms with E-state index < -0.39 is 11.9 Å². The Labute approximate surface area is 195 Å². The Bertz CT molecular complexity index is 1180. The molecule has 11 heteroatoms. The van der Waals surface area contributed by atoms with Crippen LogP contribution in [-0.2, 0) is 11.3 Å². The number of halogens is 2. The first kappa shape index (κ1) is 21.6. The molecule has 1 saturated heterocycles. The van der Waals surface area contributed by atoms with Crippen molar-refractivity contribution in [1.82, 2.24) is 29.6 Å². The van der Waals surface area contributed by atoms with Gasteiger partial charge in [0.2, 0.25) is 5.95 Å². The van der Waals surface area contributed by atoms with Crippen LogP contribution in [0.4, 0.5) is 15.1 Å². The first-order valence-electron chi connectivity index (χ1n) is 10.8. The second kappa shape index (κ2) is 8.58. The number of carbonyl (C=O) groups excluding carboxylic acids is 1. The molecular weight excluding hydrogens is 449 g/mol. The van der Waals surface area contributed by atoms with Crippen molar-refractivity contribution in [3.05, 3.63) is 58.6 Å². The predicted octanol–water partition coefficient (Wildman–Crippen LogP) is 3.88. The number of benzene rings is 1. The van der Waals surface area contributed by atoms with Gasteiger partial charge in [0.1, 0.15) is 5.82 Å². The van der Waals surface area contributed by atoms with E-state index in [1.54, 1.807) is 4.90 Å². The Morgan fingerprint density at radius 3 is 2.55 bits per heavy atom. The molecule has 172 valence electrons. The van der Waals surface area contributed by atoms with Gasteiger partial charge in [0.25, 0.3) is 0 Å². The second-order valence-corrected chi connectivity index (χ2v) is 8.70. The van der Waals surface area contributed by atoms with Crippen molar-refractivity contribution < 1.29 is 13.9 Å². The lowest BCUT2D eigenvalue weighted by Crippen LogP contribution is -2.35. The van der Waals surface area contributed by atoms with Crippen LogP contribution in [0.15, 0.2) is 30.6 Å². The molecule has 2 aliphatic rings. The quantitative estimate of drug-likeness (QED) is 0.560. The number of carbonyl (C=O) groups is 1. The zero-order valence-electron chi connectivity index (χ0n) is 18.3. The van der Waals surface area contributed by atoms with Gasteiger partial charge >= 0.3 is 6.09 Å². The molecule has 1 aromatic carbocycles. The van der Waals surface area contributed by atoms with Crippen molar-refractivity contribution in [1.29, 1.82) is 0 Å². The summed E-state index contributed by atoms with van der Waals surface area (Å²) in [5.41, 5.74) is 1.81. The van der Waals surface area contributed by atoms with E-state index in [9.17, 15) is 9.18 Å². The van der Waals surface area contributed by atoms with E-state index in [0.29, 0.717) is 23.3 Å². The summed E-state index contributed by atoms with van der Waals surface area (Å²) in [6, 6.07) is 5.31. The number of methoxy groups -OCH3 is 1. The van der Waals surface area contributed by atoms with E-state index in [1.165, 1.54) is 19.5 Å². The van der Waals surface area contributed by atoms with Crippen LogP contribution in [-0.4, -0.2) is 55.9 Å². The molecule has 0 radical (unpaired) electrons. The molecule has 0 bridgehead atoms. The maximum atomic E-state index is 13.2. The molecule has 0 aliphatic carbocycles. The van der Waals surface area contributed by atoms with Gasteiger partial charge in [0.05, 0.1) is 37.8 Å². The first-order valence-corrected chi connectivity index (χ1v) is 11.1. The summed E-state index contributed by atoms with van der Waals surface area (Å²) in [6.07, 6.45) is 3.57. The van der Waals surface area contributed by atoms with Crippen LogP contribution >= 0.6 is 11.6 Å². The van der Waals surface area contributed by atoms with Crippen molar-refractivity contribution in [2.45, 2.75) is 38.3 Å². The number of nitrogens with zero attached hydrogens (tertiary/aromatic N) is 7. The van der Waals surface area contributed by atoms with Crippen LogP contribution in [0.2, 0.25) is 5.02 Å². The summed E-state index contributed by atoms with van der Waals surface area (Å²) >= 11 is 6.29. The molecular formula is C22H23ClFN7O2. The van der Waals surface area contributed by atoms with Crippen molar-refractivity contribution >= 4 is 23.6 Å². The third-order valence-corrected chi connectivity index (χ3v) is 6.57. The summed E-state index contributed by atoms with van der Waals surface area (Å²) in [4.78, 5) is 24.4. The number of rotatable bonds is 2. The van der Waals surface area contributed by atoms with E-state index in [0.717, 1.165) is 43.0 Å². The average Bonchev–Trinajstić information content (AvgIpc) is 3.22. The SMILES string of the molecule is COC(=O)N1Cc2cc(Cl)ccc2-n2c(C3CCN(c4ncc(F)cn4)CC3)nnc2C1C. The van der Waals surface area contributed by atoms with Crippen LogP contribution < -0.4 is 4.90 Å². The minimum Gasteiger partial charge on any atom is -0.453 e. The Hall–Kier alpha value is -3.27. The van der Waals surface area contributed by atoms with Gasteiger partial charge in [-0.2, -0.15) is 0 Å². The van der Waals surface area contributed by atoms with E-state index in [1.807, 2.05) is 30.0 Å². The lowest BCUT2D eigenvalue weighted by Gasteiger charge is -2.31. The molecule has 1 unspecified atom stereocenters. The highest BCUT2D eigenvalue weighted by Crippen LogP contribution is 2.37. The minimum atomic E-state index is -0.450. The highest BCUT2D eigenvalue weighted by Gasteiger charge is 2.35. The van der Waals surface area contributed by atoms with Crippen LogP contribution in [0.25, 0.3) is 5.69 Å². The van der Waals surface area contributed by atoms with Crippen molar-refractivity contribution in [3.8, 4) is 5.69 Å². The zero-order chi connectivity index (χ0) is 23.1. The van der Waals surface area contributed by atoms with Gasteiger partial charge < -0.3 is 9.64 Å². The van der Waals surface area contributed by atoms with Gasteiger partial charge in [-0.15, -0.1) is 10.2 Å². The van der Waals surface area contributed by atoms with E-state index >= 15 is 0 Å².